The van der Waals surface area contributed by atoms with Crippen molar-refractivity contribution >= 4 is 11.8 Å². The van der Waals surface area contributed by atoms with Gasteiger partial charge >= 0.3 is 0 Å². The summed E-state index contributed by atoms with van der Waals surface area (Å²) in [5.74, 6) is 2.57. The number of ether oxygens (including phenoxy) is 1. The first-order valence-electron chi connectivity index (χ1n) is 7.82. The lowest BCUT2D eigenvalue weighted by molar-refractivity contribution is -0.105. The predicted molar refractivity (Wildman–Crippen MR) is 86.0 cm³/mol. The van der Waals surface area contributed by atoms with Gasteiger partial charge < -0.3 is 10.5 Å². The summed E-state index contributed by atoms with van der Waals surface area (Å²) in [5.41, 5.74) is 8.38. The highest BCUT2D eigenvalue weighted by Gasteiger charge is 2.40. The summed E-state index contributed by atoms with van der Waals surface area (Å²) in [6.07, 6.45) is 4.25. The zero-order valence-corrected chi connectivity index (χ0v) is 13.4. The fraction of sp³-hybridized carbons (Fsp3) is 0.647. The maximum absolute atomic E-state index is 13.6. The summed E-state index contributed by atoms with van der Waals surface area (Å²) in [4.78, 5) is 0. The van der Waals surface area contributed by atoms with Crippen LogP contribution >= 0.6 is 11.8 Å². The second kappa shape index (κ2) is 6.27. The van der Waals surface area contributed by atoms with Crippen molar-refractivity contribution in [2.45, 2.75) is 44.2 Å². The minimum absolute atomic E-state index is 0.0359. The average Bonchev–Trinajstić information content (AvgIpc) is 2.46. The molecule has 21 heavy (non-hydrogen) atoms. The number of thioether (sulfide) groups is 1. The quantitative estimate of drug-likeness (QED) is 0.902. The molecule has 2 fully saturated rings. The van der Waals surface area contributed by atoms with Crippen LogP contribution in [0, 0.1) is 18.7 Å². The summed E-state index contributed by atoms with van der Waals surface area (Å²) >= 11 is 2.01. The van der Waals surface area contributed by atoms with Crippen LogP contribution in [0.5, 0.6) is 0 Å². The lowest BCUT2D eigenvalue weighted by Gasteiger charge is -2.44. The Balaban J connectivity index is 1.76. The van der Waals surface area contributed by atoms with E-state index in [0.717, 1.165) is 43.4 Å². The summed E-state index contributed by atoms with van der Waals surface area (Å²) < 4.78 is 19.7. The molecule has 0 amide bonds. The van der Waals surface area contributed by atoms with E-state index in [1.54, 1.807) is 12.1 Å². The van der Waals surface area contributed by atoms with Crippen LogP contribution in [0.25, 0.3) is 0 Å². The molecule has 2 heterocycles. The SMILES string of the molecule is Cc1cc(F)cc(C(N)C2CCOC3(CCSCC3)C2)c1. The normalized spacial score (nSPS) is 26.7. The van der Waals surface area contributed by atoms with Gasteiger partial charge in [0.15, 0.2) is 0 Å². The van der Waals surface area contributed by atoms with E-state index < -0.39 is 0 Å². The Kier molecular flexibility index (Phi) is 4.57. The van der Waals surface area contributed by atoms with E-state index in [1.807, 2.05) is 24.8 Å². The number of hydrogen-bond acceptors (Lipinski definition) is 3. The molecule has 4 heteroatoms. The van der Waals surface area contributed by atoms with E-state index in [4.69, 9.17) is 10.5 Å². The van der Waals surface area contributed by atoms with Gasteiger partial charge in [0.1, 0.15) is 5.82 Å². The number of benzene rings is 1. The molecule has 0 bridgehead atoms. The average molecular weight is 309 g/mol. The standard InChI is InChI=1S/C17H24FNOS/c1-12-8-14(10-15(18)9-12)16(19)13-2-5-20-17(11-13)3-6-21-7-4-17/h8-10,13,16H,2-7,11,19H2,1H3. The van der Waals surface area contributed by atoms with Gasteiger partial charge in [0, 0.05) is 12.6 Å². The van der Waals surface area contributed by atoms with Crippen LogP contribution in [0.4, 0.5) is 4.39 Å². The topological polar surface area (TPSA) is 35.2 Å². The summed E-state index contributed by atoms with van der Waals surface area (Å²) in [6, 6.07) is 5.08. The van der Waals surface area contributed by atoms with Gasteiger partial charge in [-0.15, -0.1) is 0 Å². The Morgan fingerprint density at radius 1 is 1.33 bits per heavy atom. The van der Waals surface area contributed by atoms with Gasteiger partial charge in [0.2, 0.25) is 0 Å². The molecule has 2 aliphatic rings. The molecule has 0 saturated carbocycles. The number of halogens is 1. The Morgan fingerprint density at radius 3 is 2.81 bits per heavy atom. The van der Waals surface area contributed by atoms with Crippen molar-refractivity contribution in [3.05, 3.63) is 35.1 Å². The summed E-state index contributed by atoms with van der Waals surface area (Å²) in [7, 11) is 0. The van der Waals surface area contributed by atoms with Crippen molar-refractivity contribution in [1.29, 1.82) is 0 Å². The lowest BCUT2D eigenvalue weighted by atomic mass is 9.77. The Hall–Kier alpha value is -0.580. The highest BCUT2D eigenvalue weighted by molar-refractivity contribution is 7.99. The Labute approximate surface area is 130 Å². The molecular weight excluding hydrogens is 285 g/mol. The molecule has 2 atom stereocenters. The molecule has 1 aromatic rings. The minimum atomic E-state index is -0.184. The fourth-order valence-electron chi connectivity index (χ4n) is 3.69. The number of nitrogens with two attached hydrogens (primary N) is 1. The first kappa shape index (κ1) is 15.3. The van der Waals surface area contributed by atoms with E-state index in [2.05, 4.69) is 0 Å². The molecule has 2 nitrogen and oxygen atoms in total. The van der Waals surface area contributed by atoms with E-state index in [1.165, 1.54) is 11.5 Å². The van der Waals surface area contributed by atoms with Crippen LogP contribution in [-0.2, 0) is 4.74 Å². The van der Waals surface area contributed by atoms with Crippen molar-refractivity contribution in [2.75, 3.05) is 18.1 Å². The van der Waals surface area contributed by atoms with Crippen LogP contribution in [0.2, 0.25) is 0 Å². The van der Waals surface area contributed by atoms with Crippen LogP contribution < -0.4 is 5.73 Å². The molecule has 2 N–H and O–H groups in total. The van der Waals surface area contributed by atoms with Gasteiger partial charge in [-0.1, -0.05) is 6.07 Å². The summed E-state index contributed by atoms with van der Waals surface area (Å²) in [6.45, 7) is 2.71. The zero-order valence-electron chi connectivity index (χ0n) is 12.6. The van der Waals surface area contributed by atoms with Gasteiger partial charge in [-0.05, 0) is 73.3 Å². The van der Waals surface area contributed by atoms with Gasteiger partial charge in [0.05, 0.1) is 5.60 Å². The van der Waals surface area contributed by atoms with Gasteiger partial charge in [-0.25, -0.2) is 4.39 Å². The second-order valence-electron chi connectivity index (χ2n) is 6.48. The molecule has 2 saturated heterocycles. The third kappa shape index (κ3) is 3.43. The molecular formula is C17H24FNOS. The van der Waals surface area contributed by atoms with Crippen LogP contribution in [0.3, 0.4) is 0 Å². The second-order valence-corrected chi connectivity index (χ2v) is 7.71. The van der Waals surface area contributed by atoms with Gasteiger partial charge in [-0.3, -0.25) is 0 Å². The van der Waals surface area contributed by atoms with E-state index in [-0.39, 0.29) is 17.5 Å². The predicted octanol–water partition coefficient (Wildman–Crippen LogP) is 3.83. The smallest absolute Gasteiger partial charge is 0.123 e. The van der Waals surface area contributed by atoms with E-state index >= 15 is 0 Å². The van der Waals surface area contributed by atoms with Crippen molar-refractivity contribution in [1.82, 2.24) is 0 Å². The van der Waals surface area contributed by atoms with Crippen molar-refractivity contribution in [3.63, 3.8) is 0 Å². The molecule has 0 aromatic heterocycles. The molecule has 116 valence electrons. The Morgan fingerprint density at radius 2 is 2.10 bits per heavy atom. The summed E-state index contributed by atoms with van der Waals surface area (Å²) in [5, 5.41) is 0. The third-order valence-corrected chi connectivity index (χ3v) is 5.88. The molecule has 2 aliphatic heterocycles. The Bertz CT molecular complexity index is 476. The molecule has 0 radical (unpaired) electrons. The van der Waals surface area contributed by atoms with Crippen molar-refractivity contribution in [2.24, 2.45) is 11.7 Å². The van der Waals surface area contributed by atoms with E-state index in [0.29, 0.717) is 5.92 Å². The lowest BCUT2D eigenvalue weighted by Crippen LogP contribution is -2.45. The highest BCUT2D eigenvalue weighted by Crippen LogP contribution is 2.43. The number of hydrogen-bond donors (Lipinski definition) is 1. The molecule has 0 aliphatic carbocycles. The van der Waals surface area contributed by atoms with Crippen LogP contribution in [-0.4, -0.2) is 23.7 Å². The first-order chi connectivity index (χ1) is 10.1. The maximum Gasteiger partial charge on any atom is 0.123 e. The minimum Gasteiger partial charge on any atom is -0.375 e. The third-order valence-electron chi connectivity index (χ3n) is 4.89. The van der Waals surface area contributed by atoms with E-state index in [9.17, 15) is 4.39 Å². The largest absolute Gasteiger partial charge is 0.375 e. The molecule has 1 spiro atoms. The first-order valence-corrected chi connectivity index (χ1v) is 8.98. The number of aryl methyl sites for hydroxylation is 1. The van der Waals surface area contributed by atoms with Crippen LogP contribution in [0.15, 0.2) is 18.2 Å². The zero-order chi connectivity index (χ0) is 14.9. The molecule has 3 rings (SSSR count). The van der Waals surface area contributed by atoms with Crippen LogP contribution in [0.1, 0.15) is 42.9 Å². The monoisotopic (exact) mass is 309 g/mol. The van der Waals surface area contributed by atoms with Gasteiger partial charge in [0.25, 0.3) is 0 Å². The highest BCUT2D eigenvalue weighted by atomic mass is 32.2. The maximum atomic E-state index is 13.6. The molecule has 2 unspecified atom stereocenters. The number of rotatable bonds is 2. The fourth-order valence-corrected chi connectivity index (χ4v) is 4.93. The van der Waals surface area contributed by atoms with Crippen molar-refractivity contribution in [3.8, 4) is 0 Å². The molecule has 1 aromatic carbocycles. The van der Waals surface area contributed by atoms with Gasteiger partial charge in [-0.2, -0.15) is 11.8 Å². The van der Waals surface area contributed by atoms with Crippen molar-refractivity contribution < 1.29 is 9.13 Å².